The standard InChI is InChI=1S/C24H23F3N6O2/c25-24(26,27)18-6-7-21(28-12-18)32-11-10-30(16-23(32)35)15-22(34)31-9-8-20-17(13-31)14-33(29-20)19-4-2-1-3-5-19/h1-7,12,14H,8-11,13,15-16H2. The van der Waals surface area contributed by atoms with Gasteiger partial charge in [-0.05, 0) is 24.3 Å². The highest BCUT2D eigenvalue weighted by Crippen LogP contribution is 2.29. The highest BCUT2D eigenvalue weighted by molar-refractivity contribution is 5.95. The maximum absolute atomic E-state index is 13.0. The molecule has 11 heteroatoms. The molecule has 35 heavy (non-hydrogen) atoms. The average molecular weight is 484 g/mol. The minimum absolute atomic E-state index is 0.000524. The minimum Gasteiger partial charge on any atom is -0.337 e. The Morgan fingerprint density at radius 2 is 1.80 bits per heavy atom. The van der Waals surface area contributed by atoms with Gasteiger partial charge in [-0.15, -0.1) is 0 Å². The summed E-state index contributed by atoms with van der Waals surface area (Å²) >= 11 is 0. The number of anilines is 1. The van der Waals surface area contributed by atoms with E-state index in [9.17, 15) is 22.8 Å². The SMILES string of the molecule is O=C(CN1CCN(c2ccc(C(F)(F)F)cn2)C(=O)C1)N1CCc2nn(-c3ccccc3)cc2C1. The zero-order chi connectivity index (χ0) is 24.6. The van der Waals surface area contributed by atoms with E-state index >= 15 is 0 Å². The van der Waals surface area contributed by atoms with Crippen LogP contribution in [0.5, 0.6) is 0 Å². The number of alkyl halides is 3. The van der Waals surface area contributed by atoms with Crippen LogP contribution >= 0.6 is 0 Å². The summed E-state index contributed by atoms with van der Waals surface area (Å²) in [6.45, 7) is 1.79. The maximum Gasteiger partial charge on any atom is 0.417 e. The molecule has 0 atom stereocenters. The van der Waals surface area contributed by atoms with E-state index in [1.54, 1.807) is 9.80 Å². The number of carbonyl (C=O) groups is 2. The second-order valence-electron chi connectivity index (χ2n) is 8.61. The summed E-state index contributed by atoms with van der Waals surface area (Å²) in [6.07, 6.45) is -1.15. The van der Waals surface area contributed by atoms with Crippen molar-refractivity contribution in [1.29, 1.82) is 0 Å². The van der Waals surface area contributed by atoms with E-state index in [2.05, 4.69) is 10.1 Å². The van der Waals surface area contributed by atoms with Crippen LogP contribution in [0, 0.1) is 0 Å². The van der Waals surface area contributed by atoms with Crippen LogP contribution in [0.2, 0.25) is 0 Å². The number of aromatic nitrogens is 3. The first kappa shape index (κ1) is 23.0. The molecule has 182 valence electrons. The number of amides is 2. The zero-order valence-electron chi connectivity index (χ0n) is 18.8. The molecule has 0 bridgehead atoms. The molecule has 0 unspecified atom stereocenters. The van der Waals surface area contributed by atoms with Gasteiger partial charge in [-0.25, -0.2) is 9.67 Å². The highest BCUT2D eigenvalue weighted by atomic mass is 19.4. The second kappa shape index (κ2) is 9.14. The quantitative estimate of drug-likeness (QED) is 0.569. The molecule has 2 aromatic heterocycles. The average Bonchev–Trinajstić information content (AvgIpc) is 3.28. The lowest BCUT2D eigenvalue weighted by atomic mass is 10.1. The molecule has 0 aliphatic carbocycles. The number of carbonyl (C=O) groups excluding carboxylic acids is 2. The van der Waals surface area contributed by atoms with E-state index in [1.165, 1.54) is 11.0 Å². The molecule has 1 saturated heterocycles. The van der Waals surface area contributed by atoms with Gasteiger partial charge in [0.15, 0.2) is 0 Å². The normalized spacial score (nSPS) is 16.9. The lowest BCUT2D eigenvalue weighted by molar-refractivity contribution is -0.138. The maximum atomic E-state index is 13.0. The first-order chi connectivity index (χ1) is 16.8. The molecule has 0 N–H and O–H groups in total. The molecular weight excluding hydrogens is 461 g/mol. The molecule has 1 fully saturated rings. The Hall–Kier alpha value is -3.73. The Morgan fingerprint density at radius 1 is 1.00 bits per heavy atom. The van der Waals surface area contributed by atoms with E-state index in [4.69, 9.17) is 0 Å². The van der Waals surface area contributed by atoms with Crippen molar-refractivity contribution in [2.75, 3.05) is 37.6 Å². The molecule has 0 spiro atoms. The van der Waals surface area contributed by atoms with Gasteiger partial charge in [0.2, 0.25) is 11.8 Å². The van der Waals surface area contributed by atoms with Gasteiger partial charge >= 0.3 is 6.18 Å². The van der Waals surface area contributed by atoms with E-state index < -0.39 is 11.7 Å². The van der Waals surface area contributed by atoms with Gasteiger partial charge in [0, 0.05) is 50.6 Å². The molecule has 3 aromatic rings. The summed E-state index contributed by atoms with van der Waals surface area (Å²) in [5.41, 5.74) is 2.07. The number of hydrogen-bond donors (Lipinski definition) is 0. The van der Waals surface area contributed by atoms with Crippen LogP contribution in [-0.2, 0) is 28.7 Å². The number of fused-ring (bicyclic) bond motifs is 1. The van der Waals surface area contributed by atoms with Crippen LogP contribution in [0.1, 0.15) is 16.8 Å². The van der Waals surface area contributed by atoms with Crippen LogP contribution < -0.4 is 4.90 Å². The molecule has 4 heterocycles. The Morgan fingerprint density at radius 3 is 2.49 bits per heavy atom. The summed E-state index contributed by atoms with van der Waals surface area (Å²) in [6, 6.07) is 11.9. The van der Waals surface area contributed by atoms with Crippen molar-refractivity contribution >= 4 is 17.6 Å². The Kier molecular flexibility index (Phi) is 6.01. The number of benzene rings is 1. The lowest BCUT2D eigenvalue weighted by Gasteiger charge is -2.35. The van der Waals surface area contributed by atoms with E-state index in [-0.39, 0.29) is 37.3 Å². The monoisotopic (exact) mass is 484 g/mol. The lowest BCUT2D eigenvalue weighted by Crippen LogP contribution is -2.53. The van der Waals surface area contributed by atoms with Gasteiger partial charge in [-0.1, -0.05) is 18.2 Å². The minimum atomic E-state index is -4.48. The topological polar surface area (TPSA) is 74.6 Å². The smallest absolute Gasteiger partial charge is 0.337 e. The predicted octanol–water partition coefficient (Wildman–Crippen LogP) is 2.52. The second-order valence-corrected chi connectivity index (χ2v) is 8.61. The van der Waals surface area contributed by atoms with Crippen LogP contribution in [0.3, 0.4) is 0 Å². The summed E-state index contributed by atoms with van der Waals surface area (Å²) in [5.74, 6) is -0.202. The Balaban J connectivity index is 1.17. The number of para-hydroxylation sites is 1. The van der Waals surface area contributed by atoms with Gasteiger partial charge in [-0.2, -0.15) is 18.3 Å². The number of nitrogens with zero attached hydrogens (tertiary/aromatic N) is 6. The molecule has 2 amide bonds. The van der Waals surface area contributed by atoms with Crippen LogP contribution in [0.4, 0.5) is 19.0 Å². The number of piperazine rings is 1. The van der Waals surface area contributed by atoms with Crippen LogP contribution in [0.25, 0.3) is 5.69 Å². The van der Waals surface area contributed by atoms with Gasteiger partial charge in [0.05, 0.1) is 30.0 Å². The van der Waals surface area contributed by atoms with Crippen molar-refractivity contribution in [1.82, 2.24) is 24.6 Å². The Bertz CT molecular complexity index is 1230. The fourth-order valence-corrected chi connectivity index (χ4v) is 4.34. The molecule has 0 radical (unpaired) electrons. The van der Waals surface area contributed by atoms with E-state index in [0.29, 0.717) is 26.1 Å². The van der Waals surface area contributed by atoms with Gasteiger partial charge < -0.3 is 4.90 Å². The van der Waals surface area contributed by atoms with Gasteiger partial charge in [0.1, 0.15) is 5.82 Å². The highest BCUT2D eigenvalue weighted by Gasteiger charge is 2.33. The molecule has 8 nitrogen and oxygen atoms in total. The fraction of sp³-hybridized carbons (Fsp3) is 0.333. The molecule has 0 saturated carbocycles. The van der Waals surface area contributed by atoms with Crippen molar-refractivity contribution in [3.63, 3.8) is 0 Å². The summed E-state index contributed by atoms with van der Waals surface area (Å²) in [5, 5.41) is 4.65. The predicted molar refractivity (Wildman–Crippen MR) is 121 cm³/mol. The number of pyridine rings is 1. The fourth-order valence-electron chi connectivity index (χ4n) is 4.34. The zero-order valence-corrected chi connectivity index (χ0v) is 18.8. The summed E-state index contributed by atoms with van der Waals surface area (Å²) in [4.78, 5) is 34.3. The third-order valence-electron chi connectivity index (χ3n) is 6.24. The largest absolute Gasteiger partial charge is 0.417 e. The van der Waals surface area contributed by atoms with Crippen molar-refractivity contribution in [3.05, 3.63) is 71.7 Å². The van der Waals surface area contributed by atoms with Crippen LogP contribution in [0.15, 0.2) is 54.9 Å². The van der Waals surface area contributed by atoms with Crippen molar-refractivity contribution < 1.29 is 22.8 Å². The van der Waals surface area contributed by atoms with E-state index in [1.807, 2.05) is 41.2 Å². The Labute approximate surface area is 199 Å². The molecule has 2 aliphatic rings. The van der Waals surface area contributed by atoms with Gasteiger partial charge in [0.25, 0.3) is 0 Å². The third kappa shape index (κ3) is 4.90. The van der Waals surface area contributed by atoms with Crippen molar-refractivity contribution in [2.24, 2.45) is 0 Å². The third-order valence-corrected chi connectivity index (χ3v) is 6.24. The summed E-state index contributed by atoms with van der Waals surface area (Å²) in [7, 11) is 0. The van der Waals surface area contributed by atoms with Crippen LogP contribution in [-0.4, -0.2) is 69.1 Å². The number of hydrogen-bond acceptors (Lipinski definition) is 5. The molecular formula is C24H23F3N6O2. The molecule has 1 aromatic carbocycles. The van der Waals surface area contributed by atoms with Crippen molar-refractivity contribution in [3.8, 4) is 5.69 Å². The van der Waals surface area contributed by atoms with Crippen molar-refractivity contribution in [2.45, 2.75) is 19.1 Å². The molecule has 2 aliphatic heterocycles. The van der Waals surface area contributed by atoms with E-state index in [0.717, 1.165) is 29.2 Å². The summed E-state index contributed by atoms with van der Waals surface area (Å²) < 4.78 is 40.1. The van der Waals surface area contributed by atoms with Gasteiger partial charge in [-0.3, -0.25) is 19.4 Å². The molecule has 5 rings (SSSR count). The first-order valence-electron chi connectivity index (χ1n) is 11.2. The number of rotatable bonds is 4. The first-order valence-corrected chi connectivity index (χ1v) is 11.2. The number of halogens is 3.